The minimum absolute atomic E-state index is 0.0595. The van der Waals surface area contributed by atoms with Crippen molar-refractivity contribution < 1.29 is 14.7 Å². The molecule has 1 fully saturated rings. The Morgan fingerprint density at radius 2 is 1.95 bits per heavy atom. The SMILES string of the molecule is CC#CCCNC(=O)N1CCN(CCC(=O)O)CC1. The number of amides is 2. The van der Waals surface area contributed by atoms with Crippen molar-refractivity contribution in [3.8, 4) is 11.8 Å². The van der Waals surface area contributed by atoms with Crippen molar-refractivity contribution in [1.82, 2.24) is 15.1 Å². The van der Waals surface area contributed by atoms with Gasteiger partial charge in [0.15, 0.2) is 0 Å². The highest BCUT2D eigenvalue weighted by atomic mass is 16.4. The predicted octanol–water partition coefficient (Wildman–Crippen LogP) is 0.202. The van der Waals surface area contributed by atoms with E-state index in [1.54, 1.807) is 11.8 Å². The molecule has 1 heterocycles. The minimum atomic E-state index is -0.780. The Bertz CT molecular complexity index is 365. The second kappa shape index (κ2) is 8.38. The average Bonchev–Trinajstić information content (AvgIpc) is 2.41. The Morgan fingerprint density at radius 3 is 2.53 bits per heavy atom. The van der Waals surface area contributed by atoms with E-state index in [1.807, 2.05) is 0 Å². The third kappa shape index (κ3) is 6.11. The van der Waals surface area contributed by atoms with Crippen LogP contribution in [0.2, 0.25) is 0 Å². The topological polar surface area (TPSA) is 72.9 Å². The molecule has 0 aromatic heterocycles. The van der Waals surface area contributed by atoms with Crippen LogP contribution in [0.25, 0.3) is 0 Å². The van der Waals surface area contributed by atoms with Crippen molar-refractivity contribution >= 4 is 12.0 Å². The maximum atomic E-state index is 11.8. The molecule has 0 radical (unpaired) electrons. The summed E-state index contributed by atoms with van der Waals surface area (Å²) < 4.78 is 0. The lowest BCUT2D eigenvalue weighted by Gasteiger charge is -2.34. The summed E-state index contributed by atoms with van der Waals surface area (Å²) in [5.41, 5.74) is 0. The summed E-state index contributed by atoms with van der Waals surface area (Å²) in [4.78, 5) is 26.1. The number of hydrogen-bond donors (Lipinski definition) is 2. The number of carbonyl (C=O) groups excluding carboxylic acids is 1. The second-order valence-electron chi connectivity index (χ2n) is 4.38. The third-order valence-electron chi connectivity index (χ3n) is 3.00. The number of nitrogens with one attached hydrogen (secondary N) is 1. The first-order valence-electron chi connectivity index (χ1n) is 6.50. The van der Waals surface area contributed by atoms with Gasteiger partial charge < -0.3 is 15.3 Å². The summed E-state index contributed by atoms with van der Waals surface area (Å²) in [7, 11) is 0. The smallest absolute Gasteiger partial charge is 0.317 e. The van der Waals surface area contributed by atoms with E-state index in [9.17, 15) is 9.59 Å². The maximum Gasteiger partial charge on any atom is 0.317 e. The molecule has 19 heavy (non-hydrogen) atoms. The van der Waals surface area contributed by atoms with Gasteiger partial charge in [-0.1, -0.05) is 0 Å². The van der Waals surface area contributed by atoms with E-state index in [4.69, 9.17) is 5.11 Å². The molecule has 0 spiro atoms. The van der Waals surface area contributed by atoms with Crippen LogP contribution in [-0.2, 0) is 4.79 Å². The standard InChI is InChI=1S/C13H21N3O3/c1-2-3-4-6-14-13(19)16-10-8-15(9-11-16)7-5-12(17)18/h4-11H2,1H3,(H,14,19)(H,17,18). The Morgan fingerprint density at radius 1 is 1.26 bits per heavy atom. The van der Waals surface area contributed by atoms with Gasteiger partial charge in [0.2, 0.25) is 0 Å². The number of nitrogens with zero attached hydrogens (tertiary/aromatic N) is 2. The summed E-state index contributed by atoms with van der Waals surface area (Å²) in [6.45, 7) is 5.65. The van der Waals surface area contributed by atoms with Crippen molar-refractivity contribution in [3.05, 3.63) is 0 Å². The summed E-state index contributed by atoms with van der Waals surface area (Å²) >= 11 is 0. The molecule has 0 aromatic carbocycles. The van der Waals surface area contributed by atoms with Crippen LogP contribution < -0.4 is 5.32 Å². The highest BCUT2D eigenvalue weighted by Gasteiger charge is 2.20. The fraction of sp³-hybridized carbons (Fsp3) is 0.692. The molecule has 1 aliphatic heterocycles. The largest absolute Gasteiger partial charge is 0.481 e. The molecule has 0 atom stereocenters. The quantitative estimate of drug-likeness (QED) is 0.551. The molecular formula is C13H21N3O3. The monoisotopic (exact) mass is 267 g/mol. The average molecular weight is 267 g/mol. The number of aliphatic carboxylic acids is 1. The van der Waals surface area contributed by atoms with Gasteiger partial charge in [0.25, 0.3) is 0 Å². The van der Waals surface area contributed by atoms with Gasteiger partial charge in [-0.2, -0.15) is 0 Å². The van der Waals surface area contributed by atoms with E-state index >= 15 is 0 Å². The van der Waals surface area contributed by atoms with Crippen LogP contribution in [0, 0.1) is 11.8 Å². The van der Waals surface area contributed by atoms with Gasteiger partial charge in [0.1, 0.15) is 0 Å². The third-order valence-corrected chi connectivity index (χ3v) is 3.00. The van der Waals surface area contributed by atoms with Gasteiger partial charge in [-0.3, -0.25) is 9.69 Å². The molecule has 6 nitrogen and oxygen atoms in total. The highest BCUT2D eigenvalue weighted by Crippen LogP contribution is 2.02. The number of piperazine rings is 1. The van der Waals surface area contributed by atoms with Crippen LogP contribution in [0.5, 0.6) is 0 Å². The Hall–Kier alpha value is -1.74. The lowest BCUT2D eigenvalue weighted by Crippen LogP contribution is -2.52. The molecule has 1 aliphatic rings. The summed E-state index contributed by atoms with van der Waals surface area (Å²) in [6, 6.07) is -0.0595. The molecule has 2 amide bonds. The molecule has 106 valence electrons. The number of carboxylic acids is 1. The zero-order valence-electron chi connectivity index (χ0n) is 11.3. The maximum absolute atomic E-state index is 11.8. The van der Waals surface area contributed by atoms with E-state index in [-0.39, 0.29) is 12.5 Å². The Balaban J connectivity index is 2.19. The molecule has 0 bridgehead atoms. The van der Waals surface area contributed by atoms with Crippen LogP contribution in [0.1, 0.15) is 19.8 Å². The van der Waals surface area contributed by atoms with Crippen molar-refractivity contribution in [3.63, 3.8) is 0 Å². The van der Waals surface area contributed by atoms with Gasteiger partial charge in [-0.15, -0.1) is 11.8 Å². The lowest BCUT2D eigenvalue weighted by atomic mass is 10.3. The lowest BCUT2D eigenvalue weighted by molar-refractivity contribution is -0.137. The van der Waals surface area contributed by atoms with Gasteiger partial charge in [0, 0.05) is 45.7 Å². The number of carbonyl (C=O) groups is 2. The van der Waals surface area contributed by atoms with Gasteiger partial charge in [-0.05, 0) is 6.92 Å². The van der Waals surface area contributed by atoms with E-state index in [1.165, 1.54) is 0 Å². The number of rotatable bonds is 5. The zero-order chi connectivity index (χ0) is 14.1. The van der Waals surface area contributed by atoms with Gasteiger partial charge in [0.05, 0.1) is 6.42 Å². The first-order valence-corrected chi connectivity index (χ1v) is 6.50. The van der Waals surface area contributed by atoms with Gasteiger partial charge >= 0.3 is 12.0 Å². The van der Waals surface area contributed by atoms with Crippen LogP contribution in [0.4, 0.5) is 4.79 Å². The molecule has 0 aromatic rings. The minimum Gasteiger partial charge on any atom is -0.481 e. The van der Waals surface area contributed by atoms with E-state index in [2.05, 4.69) is 22.1 Å². The fourth-order valence-electron chi connectivity index (χ4n) is 1.90. The second-order valence-corrected chi connectivity index (χ2v) is 4.38. The number of urea groups is 1. The summed E-state index contributed by atoms with van der Waals surface area (Å²) in [6.07, 6.45) is 0.822. The zero-order valence-corrected chi connectivity index (χ0v) is 11.3. The van der Waals surface area contributed by atoms with Crippen LogP contribution in [-0.4, -0.2) is 66.2 Å². The van der Waals surface area contributed by atoms with E-state index < -0.39 is 5.97 Å². The van der Waals surface area contributed by atoms with Crippen molar-refractivity contribution in [2.75, 3.05) is 39.3 Å². The molecule has 2 N–H and O–H groups in total. The molecule has 1 saturated heterocycles. The van der Waals surface area contributed by atoms with Crippen molar-refractivity contribution in [1.29, 1.82) is 0 Å². The van der Waals surface area contributed by atoms with E-state index in [0.717, 1.165) is 13.1 Å². The summed E-state index contributed by atoms with van der Waals surface area (Å²) in [5.74, 6) is 4.89. The highest BCUT2D eigenvalue weighted by molar-refractivity contribution is 5.74. The van der Waals surface area contributed by atoms with E-state index in [0.29, 0.717) is 32.6 Å². The van der Waals surface area contributed by atoms with Gasteiger partial charge in [-0.25, -0.2) is 4.79 Å². The molecule has 0 unspecified atom stereocenters. The Labute approximate surface area is 113 Å². The Kier molecular flexibility index (Phi) is 6.75. The first-order chi connectivity index (χ1) is 9.13. The van der Waals surface area contributed by atoms with Crippen LogP contribution in [0.15, 0.2) is 0 Å². The molecule has 0 aliphatic carbocycles. The number of carboxylic acid groups (broad SMARTS) is 1. The number of hydrogen-bond acceptors (Lipinski definition) is 3. The van der Waals surface area contributed by atoms with Crippen LogP contribution >= 0.6 is 0 Å². The van der Waals surface area contributed by atoms with Crippen molar-refractivity contribution in [2.45, 2.75) is 19.8 Å². The predicted molar refractivity (Wildman–Crippen MR) is 71.7 cm³/mol. The van der Waals surface area contributed by atoms with Crippen LogP contribution in [0.3, 0.4) is 0 Å². The first kappa shape index (κ1) is 15.3. The molecule has 6 heteroatoms. The molecular weight excluding hydrogens is 246 g/mol. The van der Waals surface area contributed by atoms with Crippen molar-refractivity contribution in [2.24, 2.45) is 0 Å². The molecule has 0 saturated carbocycles. The fourth-order valence-corrected chi connectivity index (χ4v) is 1.90. The normalized spacial score (nSPS) is 15.5. The molecule has 1 rings (SSSR count). The summed E-state index contributed by atoms with van der Waals surface area (Å²) in [5, 5.41) is 11.4.